The van der Waals surface area contributed by atoms with Gasteiger partial charge in [0.1, 0.15) is 12.1 Å². The second-order valence-corrected chi connectivity index (χ2v) is 8.56. The minimum Gasteiger partial charge on any atom is -0.480 e. The minimum atomic E-state index is -1.08. The van der Waals surface area contributed by atoms with Crippen LogP contribution in [0, 0.1) is 0 Å². The Bertz CT molecular complexity index is 814. The average molecular weight is 403 g/mol. The molecule has 0 saturated carbocycles. The number of likely N-dealkylation sites (tertiary alicyclic amines) is 1. The van der Waals surface area contributed by atoms with Crippen molar-refractivity contribution in [3.8, 4) is 0 Å². The molecule has 0 unspecified atom stereocenters. The zero-order valence-corrected chi connectivity index (χ0v) is 17.6. The lowest BCUT2D eigenvalue weighted by Gasteiger charge is -2.33. The second kappa shape index (κ2) is 7.67. The van der Waals surface area contributed by atoms with E-state index < -0.39 is 24.2 Å². The second-order valence-electron chi connectivity index (χ2n) is 8.56. The van der Waals surface area contributed by atoms with Crippen LogP contribution in [0.25, 0.3) is 0 Å². The molecule has 2 amide bonds. The Morgan fingerprint density at radius 1 is 1.17 bits per heavy atom. The summed E-state index contributed by atoms with van der Waals surface area (Å²) in [6.45, 7) is 6.65. The standard InChI is InChI=1S/C21H29N3O5/c1-13(25)24-12-17(9-18(24)19(26)27)29-20(28)23-10-14-6-7-16(8-15(14)11-23)21(2,3)22(4)5/h6-8,17-18H,9-12H2,1-5H3,(H,26,27)/t17-,18+/m1/s1. The smallest absolute Gasteiger partial charge is 0.410 e. The first kappa shape index (κ1) is 21.1. The van der Waals surface area contributed by atoms with E-state index in [-0.39, 0.29) is 24.4 Å². The number of amides is 2. The van der Waals surface area contributed by atoms with Gasteiger partial charge in [-0.15, -0.1) is 0 Å². The maximum atomic E-state index is 12.7. The van der Waals surface area contributed by atoms with Crippen molar-refractivity contribution in [1.29, 1.82) is 0 Å². The lowest BCUT2D eigenvalue weighted by atomic mass is 9.90. The summed E-state index contributed by atoms with van der Waals surface area (Å²) >= 11 is 0. The van der Waals surface area contributed by atoms with Gasteiger partial charge in [0.25, 0.3) is 0 Å². The van der Waals surface area contributed by atoms with Gasteiger partial charge in [-0.2, -0.15) is 0 Å². The quantitative estimate of drug-likeness (QED) is 0.827. The molecule has 1 aromatic carbocycles. The molecule has 8 nitrogen and oxygen atoms in total. The molecule has 1 saturated heterocycles. The van der Waals surface area contributed by atoms with E-state index in [9.17, 15) is 19.5 Å². The Labute approximate surface area is 171 Å². The van der Waals surface area contributed by atoms with E-state index in [1.807, 2.05) is 14.1 Å². The molecule has 2 heterocycles. The summed E-state index contributed by atoms with van der Waals surface area (Å²) in [6, 6.07) is 5.33. The molecule has 2 atom stereocenters. The van der Waals surface area contributed by atoms with Crippen LogP contribution in [0.3, 0.4) is 0 Å². The number of benzene rings is 1. The Balaban J connectivity index is 1.66. The molecular formula is C21H29N3O5. The number of carbonyl (C=O) groups is 3. The molecule has 0 bridgehead atoms. The van der Waals surface area contributed by atoms with E-state index in [1.165, 1.54) is 17.4 Å². The normalized spacial score (nSPS) is 21.4. The Hall–Kier alpha value is -2.61. The fourth-order valence-electron chi connectivity index (χ4n) is 3.84. The lowest BCUT2D eigenvalue weighted by molar-refractivity contribution is -0.147. The zero-order valence-electron chi connectivity index (χ0n) is 17.6. The first-order valence-corrected chi connectivity index (χ1v) is 9.76. The van der Waals surface area contributed by atoms with Crippen molar-refractivity contribution < 1.29 is 24.2 Å². The molecule has 8 heteroatoms. The number of fused-ring (bicyclic) bond motifs is 1. The molecule has 29 heavy (non-hydrogen) atoms. The summed E-state index contributed by atoms with van der Waals surface area (Å²) < 4.78 is 5.54. The first-order valence-electron chi connectivity index (χ1n) is 9.76. The number of hydrogen-bond donors (Lipinski definition) is 1. The highest BCUT2D eigenvalue weighted by Crippen LogP contribution is 2.31. The van der Waals surface area contributed by atoms with Crippen LogP contribution < -0.4 is 0 Å². The van der Waals surface area contributed by atoms with Crippen LogP contribution in [0.5, 0.6) is 0 Å². The highest BCUT2D eigenvalue weighted by molar-refractivity contribution is 5.83. The monoisotopic (exact) mass is 403 g/mol. The van der Waals surface area contributed by atoms with Crippen LogP contribution in [0.4, 0.5) is 4.79 Å². The third kappa shape index (κ3) is 4.07. The molecule has 0 radical (unpaired) electrons. The van der Waals surface area contributed by atoms with Gasteiger partial charge in [-0.3, -0.25) is 9.69 Å². The molecule has 3 rings (SSSR count). The van der Waals surface area contributed by atoms with Gasteiger partial charge >= 0.3 is 12.1 Å². The number of nitrogens with zero attached hydrogens (tertiary/aromatic N) is 3. The van der Waals surface area contributed by atoms with E-state index in [0.717, 1.165) is 11.1 Å². The Morgan fingerprint density at radius 3 is 2.38 bits per heavy atom. The fourth-order valence-corrected chi connectivity index (χ4v) is 3.84. The van der Waals surface area contributed by atoms with Gasteiger partial charge in [0.15, 0.2) is 0 Å². The van der Waals surface area contributed by atoms with Gasteiger partial charge in [0.05, 0.1) is 6.54 Å². The molecule has 2 aliphatic heterocycles. The van der Waals surface area contributed by atoms with Crippen molar-refractivity contribution >= 4 is 18.0 Å². The summed E-state index contributed by atoms with van der Waals surface area (Å²) in [6.07, 6.45) is -0.976. The van der Waals surface area contributed by atoms with Crippen LogP contribution in [0.15, 0.2) is 18.2 Å². The zero-order chi connectivity index (χ0) is 21.5. The first-order chi connectivity index (χ1) is 13.5. The van der Waals surface area contributed by atoms with Crippen LogP contribution in [0.2, 0.25) is 0 Å². The third-order valence-corrected chi connectivity index (χ3v) is 6.23. The summed E-state index contributed by atoms with van der Waals surface area (Å²) in [5, 5.41) is 9.30. The van der Waals surface area contributed by atoms with Gasteiger partial charge in [-0.1, -0.05) is 18.2 Å². The molecule has 1 N–H and O–H groups in total. The van der Waals surface area contributed by atoms with Crippen molar-refractivity contribution in [3.05, 3.63) is 34.9 Å². The number of rotatable bonds is 4. The summed E-state index contributed by atoms with van der Waals surface area (Å²) in [4.78, 5) is 40.7. The van der Waals surface area contributed by atoms with Crippen LogP contribution in [-0.2, 0) is 33.0 Å². The molecule has 2 aliphatic rings. The predicted octanol–water partition coefficient (Wildman–Crippen LogP) is 2.01. The average Bonchev–Trinajstić information content (AvgIpc) is 3.24. The fraction of sp³-hybridized carbons (Fsp3) is 0.571. The van der Waals surface area contributed by atoms with Gasteiger partial charge < -0.3 is 19.6 Å². The number of hydrogen-bond acceptors (Lipinski definition) is 5. The number of ether oxygens (including phenoxy) is 1. The number of carboxylic acid groups (broad SMARTS) is 1. The van der Waals surface area contributed by atoms with E-state index >= 15 is 0 Å². The lowest BCUT2D eigenvalue weighted by Crippen LogP contribution is -2.39. The molecule has 0 spiro atoms. The van der Waals surface area contributed by atoms with Crippen LogP contribution in [0.1, 0.15) is 43.9 Å². The van der Waals surface area contributed by atoms with E-state index in [2.05, 4.69) is 36.9 Å². The Kier molecular flexibility index (Phi) is 5.58. The Morgan fingerprint density at radius 2 is 1.83 bits per heavy atom. The van der Waals surface area contributed by atoms with Crippen molar-refractivity contribution in [1.82, 2.24) is 14.7 Å². The SMILES string of the molecule is CC(=O)N1C[C@H](OC(=O)N2Cc3ccc(C(C)(C)N(C)C)cc3C2)C[C@H]1C(=O)O. The van der Waals surface area contributed by atoms with Gasteiger partial charge in [0.2, 0.25) is 5.91 Å². The van der Waals surface area contributed by atoms with Crippen molar-refractivity contribution in [2.75, 3.05) is 20.6 Å². The van der Waals surface area contributed by atoms with Crippen molar-refractivity contribution in [2.24, 2.45) is 0 Å². The van der Waals surface area contributed by atoms with E-state index in [1.54, 1.807) is 4.90 Å². The summed E-state index contributed by atoms with van der Waals surface area (Å²) in [5.74, 6) is -1.41. The topological polar surface area (TPSA) is 90.4 Å². The number of aliphatic carboxylic acids is 1. The maximum absolute atomic E-state index is 12.7. The van der Waals surface area contributed by atoms with E-state index in [0.29, 0.717) is 13.1 Å². The van der Waals surface area contributed by atoms with Crippen LogP contribution >= 0.6 is 0 Å². The minimum absolute atomic E-state index is 0.111. The van der Waals surface area contributed by atoms with Crippen molar-refractivity contribution in [2.45, 2.75) is 58.0 Å². The number of carbonyl (C=O) groups excluding carboxylic acids is 2. The van der Waals surface area contributed by atoms with Gasteiger partial charge in [0, 0.05) is 32.0 Å². The predicted molar refractivity (Wildman–Crippen MR) is 106 cm³/mol. The van der Waals surface area contributed by atoms with Gasteiger partial charge in [-0.25, -0.2) is 9.59 Å². The summed E-state index contributed by atoms with van der Waals surface area (Å²) in [7, 11) is 4.07. The molecule has 1 aromatic rings. The van der Waals surface area contributed by atoms with Crippen LogP contribution in [-0.4, -0.2) is 70.6 Å². The highest BCUT2D eigenvalue weighted by Gasteiger charge is 2.41. The van der Waals surface area contributed by atoms with E-state index in [4.69, 9.17) is 4.74 Å². The van der Waals surface area contributed by atoms with Gasteiger partial charge in [-0.05, 0) is 44.6 Å². The van der Waals surface area contributed by atoms with Crippen molar-refractivity contribution in [3.63, 3.8) is 0 Å². The molecule has 158 valence electrons. The number of carboxylic acids is 1. The molecule has 0 aromatic heterocycles. The molecule has 1 fully saturated rings. The summed E-state index contributed by atoms with van der Waals surface area (Å²) in [5.41, 5.74) is 3.22. The molecule has 0 aliphatic carbocycles. The maximum Gasteiger partial charge on any atom is 0.410 e. The highest BCUT2D eigenvalue weighted by atomic mass is 16.6. The largest absolute Gasteiger partial charge is 0.480 e. The molecular weight excluding hydrogens is 374 g/mol. The third-order valence-electron chi connectivity index (χ3n) is 6.23.